The summed E-state index contributed by atoms with van der Waals surface area (Å²) in [7, 11) is 1.57. The van der Waals surface area contributed by atoms with Crippen LogP contribution in [-0.4, -0.2) is 13.0 Å². The molecule has 0 unspecified atom stereocenters. The van der Waals surface area contributed by atoms with E-state index in [9.17, 15) is 9.18 Å². The van der Waals surface area contributed by atoms with Gasteiger partial charge in [-0.15, -0.1) is 0 Å². The van der Waals surface area contributed by atoms with Crippen LogP contribution < -0.4 is 14.8 Å². The third kappa shape index (κ3) is 4.85. The van der Waals surface area contributed by atoms with E-state index in [2.05, 4.69) is 5.32 Å². The molecule has 1 N–H and O–H groups in total. The Bertz CT molecular complexity index is 939. The number of rotatable bonds is 6. The first kappa shape index (κ1) is 18.5. The average Bonchev–Trinajstić information content (AvgIpc) is 2.67. The maximum Gasteiger partial charge on any atom is 0.255 e. The number of methoxy groups -OCH3 is 1. The zero-order valence-corrected chi connectivity index (χ0v) is 15.2. The molecule has 3 aromatic carbocycles. The second-order valence-corrected chi connectivity index (χ2v) is 6.09. The quantitative estimate of drug-likeness (QED) is 0.671. The third-order valence-corrected chi connectivity index (χ3v) is 4.04. The van der Waals surface area contributed by atoms with Crippen molar-refractivity contribution in [3.8, 4) is 11.5 Å². The summed E-state index contributed by atoms with van der Waals surface area (Å²) < 4.78 is 24.4. The number of aryl methyl sites for hydroxylation is 1. The lowest BCUT2D eigenvalue weighted by atomic mass is 10.1. The number of carbonyl (C=O) groups is 1. The lowest BCUT2D eigenvalue weighted by Gasteiger charge is -2.12. The molecule has 0 aromatic heterocycles. The first-order valence-electron chi connectivity index (χ1n) is 8.48. The van der Waals surface area contributed by atoms with E-state index in [1.807, 2.05) is 31.2 Å². The molecule has 0 fully saturated rings. The molecule has 0 aliphatic carbocycles. The largest absolute Gasteiger partial charge is 0.496 e. The Labute approximate surface area is 157 Å². The van der Waals surface area contributed by atoms with E-state index in [1.165, 1.54) is 12.1 Å². The fourth-order valence-electron chi connectivity index (χ4n) is 2.60. The van der Waals surface area contributed by atoms with E-state index in [0.717, 1.165) is 16.9 Å². The van der Waals surface area contributed by atoms with Crippen LogP contribution in [0.2, 0.25) is 0 Å². The molecule has 4 nitrogen and oxygen atoms in total. The summed E-state index contributed by atoms with van der Waals surface area (Å²) in [5.41, 5.74) is 2.72. The molecule has 5 heteroatoms. The Morgan fingerprint density at radius 1 is 1.04 bits per heavy atom. The van der Waals surface area contributed by atoms with Gasteiger partial charge >= 0.3 is 0 Å². The molecule has 0 bridgehead atoms. The molecule has 3 aromatic rings. The van der Waals surface area contributed by atoms with Gasteiger partial charge in [-0.05, 0) is 55.5 Å². The van der Waals surface area contributed by atoms with Crippen LogP contribution in [0.4, 0.5) is 10.1 Å². The van der Waals surface area contributed by atoms with Crippen molar-refractivity contribution in [3.05, 3.63) is 89.2 Å². The van der Waals surface area contributed by atoms with Crippen molar-refractivity contribution in [3.63, 3.8) is 0 Å². The van der Waals surface area contributed by atoms with Crippen LogP contribution in [0.3, 0.4) is 0 Å². The maximum atomic E-state index is 13.3. The molecular weight excluding hydrogens is 345 g/mol. The Kier molecular flexibility index (Phi) is 5.71. The highest BCUT2D eigenvalue weighted by atomic mass is 19.1. The molecule has 0 spiro atoms. The first-order chi connectivity index (χ1) is 13.0. The summed E-state index contributed by atoms with van der Waals surface area (Å²) >= 11 is 0. The molecule has 0 atom stereocenters. The summed E-state index contributed by atoms with van der Waals surface area (Å²) in [5, 5.41) is 2.68. The van der Waals surface area contributed by atoms with Crippen molar-refractivity contribution in [2.75, 3.05) is 12.4 Å². The number of amides is 1. The van der Waals surface area contributed by atoms with Gasteiger partial charge in [0, 0.05) is 16.8 Å². The molecule has 3 rings (SSSR count). The van der Waals surface area contributed by atoms with Crippen LogP contribution in [0.5, 0.6) is 11.5 Å². The number of carbonyl (C=O) groups excluding carboxylic acids is 1. The number of halogens is 1. The van der Waals surface area contributed by atoms with E-state index >= 15 is 0 Å². The van der Waals surface area contributed by atoms with Crippen molar-refractivity contribution in [2.24, 2.45) is 0 Å². The highest BCUT2D eigenvalue weighted by molar-refractivity contribution is 6.04. The van der Waals surface area contributed by atoms with Crippen LogP contribution >= 0.6 is 0 Å². The van der Waals surface area contributed by atoms with Crippen molar-refractivity contribution >= 4 is 11.6 Å². The average molecular weight is 365 g/mol. The lowest BCUT2D eigenvalue weighted by molar-refractivity contribution is 0.102. The third-order valence-electron chi connectivity index (χ3n) is 4.04. The smallest absolute Gasteiger partial charge is 0.255 e. The normalized spacial score (nSPS) is 10.3. The van der Waals surface area contributed by atoms with Gasteiger partial charge in [0.05, 0.1) is 7.11 Å². The van der Waals surface area contributed by atoms with Crippen LogP contribution in [0.25, 0.3) is 0 Å². The molecular formula is C22H20FNO3. The summed E-state index contributed by atoms with van der Waals surface area (Å²) in [5.74, 6) is 0.622. The topological polar surface area (TPSA) is 47.6 Å². The zero-order valence-electron chi connectivity index (χ0n) is 15.2. The van der Waals surface area contributed by atoms with Gasteiger partial charge in [-0.2, -0.15) is 0 Å². The van der Waals surface area contributed by atoms with Crippen molar-refractivity contribution in [1.82, 2.24) is 0 Å². The molecule has 0 saturated carbocycles. The standard InChI is InChI=1S/C22H20FNO3/c1-15-6-9-20(10-7-15)27-14-17-12-16(8-11-21(17)26-2)22(25)24-19-5-3-4-18(23)13-19/h3-13H,14H2,1-2H3,(H,24,25). The van der Waals surface area contributed by atoms with Gasteiger partial charge in [0.1, 0.15) is 23.9 Å². The molecule has 138 valence electrons. The van der Waals surface area contributed by atoms with Gasteiger partial charge in [-0.3, -0.25) is 4.79 Å². The maximum absolute atomic E-state index is 13.3. The van der Waals surface area contributed by atoms with Gasteiger partial charge in [-0.25, -0.2) is 4.39 Å². The van der Waals surface area contributed by atoms with E-state index < -0.39 is 5.82 Å². The predicted octanol–water partition coefficient (Wildman–Crippen LogP) is 4.97. The van der Waals surface area contributed by atoms with Crippen LogP contribution in [0.1, 0.15) is 21.5 Å². The van der Waals surface area contributed by atoms with Crippen molar-refractivity contribution in [1.29, 1.82) is 0 Å². The molecule has 0 aliphatic rings. The SMILES string of the molecule is COc1ccc(C(=O)Nc2cccc(F)c2)cc1COc1ccc(C)cc1. The number of anilines is 1. The van der Waals surface area contributed by atoms with Crippen molar-refractivity contribution in [2.45, 2.75) is 13.5 Å². The molecule has 1 amide bonds. The fraction of sp³-hybridized carbons (Fsp3) is 0.136. The second kappa shape index (κ2) is 8.36. The monoisotopic (exact) mass is 365 g/mol. The Balaban J connectivity index is 1.75. The lowest BCUT2D eigenvalue weighted by Crippen LogP contribution is -2.13. The molecule has 27 heavy (non-hydrogen) atoms. The number of benzene rings is 3. The minimum Gasteiger partial charge on any atom is -0.496 e. The summed E-state index contributed by atoms with van der Waals surface area (Å²) in [6, 6.07) is 18.6. The molecule has 0 saturated heterocycles. The van der Waals surface area contributed by atoms with Crippen molar-refractivity contribution < 1.29 is 18.7 Å². The van der Waals surface area contributed by atoms with Crippen LogP contribution in [0.15, 0.2) is 66.7 Å². The van der Waals surface area contributed by atoms with E-state index in [-0.39, 0.29) is 12.5 Å². The van der Waals surface area contributed by atoms with Gasteiger partial charge in [0.25, 0.3) is 5.91 Å². The van der Waals surface area contributed by atoms with E-state index in [1.54, 1.807) is 37.4 Å². The molecule has 0 aliphatic heterocycles. The number of ether oxygens (including phenoxy) is 2. The van der Waals surface area contributed by atoms with Crippen LogP contribution in [0, 0.1) is 12.7 Å². The molecule has 0 radical (unpaired) electrons. The van der Waals surface area contributed by atoms with Gasteiger partial charge in [0.15, 0.2) is 0 Å². The van der Waals surface area contributed by atoms with Gasteiger partial charge in [0.2, 0.25) is 0 Å². The molecule has 0 heterocycles. The Morgan fingerprint density at radius 3 is 2.52 bits per heavy atom. The minimum absolute atomic E-state index is 0.257. The minimum atomic E-state index is -0.408. The van der Waals surface area contributed by atoms with E-state index in [4.69, 9.17) is 9.47 Å². The second-order valence-electron chi connectivity index (χ2n) is 6.09. The summed E-state index contributed by atoms with van der Waals surface area (Å²) in [4.78, 5) is 12.5. The van der Waals surface area contributed by atoms with E-state index in [0.29, 0.717) is 17.0 Å². The number of nitrogens with one attached hydrogen (secondary N) is 1. The number of hydrogen-bond donors (Lipinski definition) is 1. The highest BCUT2D eigenvalue weighted by Crippen LogP contribution is 2.23. The van der Waals surface area contributed by atoms with Crippen LogP contribution in [-0.2, 0) is 6.61 Å². The summed E-state index contributed by atoms with van der Waals surface area (Å²) in [6.45, 7) is 2.26. The Morgan fingerprint density at radius 2 is 1.81 bits per heavy atom. The summed E-state index contributed by atoms with van der Waals surface area (Å²) in [6.07, 6.45) is 0. The Hall–Kier alpha value is -3.34. The zero-order chi connectivity index (χ0) is 19.2. The fourth-order valence-corrected chi connectivity index (χ4v) is 2.60. The van der Waals surface area contributed by atoms with Gasteiger partial charge in [-0.1, -0.05) is 23.8 Å². The highest BCUT2D eigenvalue weighted by Gasteiger charge is 2.12. The predicted molar refractivity (Wildman–Crippen MR) is 103 cm³/mol. The number of hydrogen-bond acceptors (Lipinski definition) is 3. The van der Waals surface area contributed by atoms with Gasteiger partial charge < -0.3 is 14.8 Å². The first-order valence-corrected chi connectivity index (χ1v) is 8.48.